The van der Waals surface area contributed by atoms with Gasteiger partial charge in [-0.2, -0.15) is 5.26 Å². The standard InChI is InChI=1S/C20H26N4O2/c1-12-3-18(24-26-12)22-11-17(10-21)19(25)23-13(2)20-7-14-4-15(8-20)6-16(5-14)9-20/h3,11,13-16H,4-9H2,1-2H3,(H,22,24)(H,23,25)/b17-11-. The highest BCUT2D eigenvalue weighted by atomic mass is 16.5. The van der Waals surface area contributed by atoms with Crippen molar-refractivity contribution in [2.24, 2.45) is 23.2 Å². The Morgan fingerprint density at radius 3 is 2.46 bits per heavy atom. The van der Waals surface area contributed by atoms with E-state index in [-0.39, 0.29) is 22.9 Å². The van der Waals surface area contributed by atoms with E-state index in [0.717, 1.165) is 17.8 Å². The number of carbonyl (C=O) groups excluding carboxylic acids is 1. The number of hydrogen-bond donors (Lipinski definition) is 2. The van der Waals surface area contributed by atoms with Crippen molar-refractivity contribution in [3.8, 4) is 6.07 Å². The number of nitrogens with one attached hydrogen (secondary N) is 2. The molecule has 4 saturated carbocycles. The quantitative estimate of drug-likeness (QED) is 0.623. The number of rotatable bonds is 5. The van der Waals surface area contributed by atoms with Gasteiger partial charge < -0.3 is 15.2 Å². The molecule has 5 rings (SSSR count). The number of hydrogen-bond acceptors (Lipinski definition) is 5. The average Bonchev–Trinajstić information content (AvgIpc) is 2.99. The second kappa shape index (κ2) is 6.46. The van der Waals surface area contributed by atoms with Crippen LogP contribution >= 0.6 is 0 Å². The van der Waals surface area contributed by atoms with Crippen molar-refractivity contribution in [1.29, 1.82) is 5.26 Å². The second-order valence-electron chi connectivity index (χ2n) is 8.61. The molecular weight excluding hydrogens is 328 g/mol. The number of aryl methyl sites for hydroxylation is 1. The fourth-order valence-corrected chi connectivity index (χ4v) is 5.86. The summed E-state index contributed by atoms with van der Waals surface area (Å²) in [5.41, 5.74) is 0.281. The van der Waals surface area contributed by atoms with Crippen molar-refractivity contribution in [2.75, 3.05) is 5.32 Å². The minimum absolute atomic E-state index is 0.0576. The Labute approximate surface area is 154 Å². The predicted molar refractivity (Wildman–Crippen MR) is 96.8 cm³/mol. The number of carbonyl (C=O) groups is 1. The van der Waals surface area contributed by atoms with E-state index in [4.69, 9.17) is 4.52 Å². The molecule has 2 N–H and O–H groups in total. The van der Waals surface area contributed by atoms with Crippen molar-refractivity contribution in [3.05, 3.63) is 23.6 Å². The van der Waals surface area contributed by atoms with E-state index in [1.807, 2.05) is 6.07 Å². The second-order valence-corrected chi connectivity index (χ2v) is 8.61. The number of nitrogens with zero attached hydrogens (tertiary/aromatic N) is 2. The number of aromatic nitrogens is 1. The smallest absolute Gasteiger partial charge is 0.263 e. The van der Waals surface area contributed by atoms with E-state index in [2.05, 4.69) is 22.7 Å². The fraction of sp³-hybridized carbons (Fsp3) is 0.650. The van der Waals surface area contributed by atoms with Gasteiger partial charge in [0.15, 0.2) is 5.82 Å². The molecule has 1 atom stereocenters. The zero-order valence-electron chi connectivity index (χ0n) is 15.4. The summed E-state index contributed by atoms with van der Waals surface area (Å²) < 4.78 is 4.97. The molecule has 0 radical (unpaired) electrons. The Morgan fingerprint density at radius 2 is 1.96 bits per heavy atom. The zero-order chi connectivity index (χ0) is 18.3. The summed E-state index contributed by atoms with van der Waals surface area (Å²) in [7, 11) is 0. The molecule has 0 saturated heterocycles. The minimum atomic E-state index is -0.316. The molecule has 1 heterocycles. The maximum Gasteiger partial charge on any atom is 0.263 e. The van der Waals surface area contributed by atoms with Crippen molar-refractivity contribution in [1.82, 2.24) is 10.5 Å². The molecule has 6 nitrogen and oxygen atoms in total. The van der Waals surface area contributed by atoms with Crippen molar-refractivity contribution in [3.63, 3.8) is 0 Å². The molecular formula is C20H26N4O2. The van der Waals surface area contributed by atoms with Gasteiger partial charge in [0.1, 0.15) is 17.4 Å². The first-order chi connectivity index (χ1) is 12.5. The van der Waals surface area contributed by atoms with Gasteiger partial charge in [0.2, 0.25) is 0 Å². The lowest BCUT2D eigenvalue weighted by Gasteiger charge is -2.59. The lowest BCUT2D eigenvalue weighted by atomic mass is 9.48. The largest absolute Gasteiger partial charge is 0.360 e. The molecule has 0 aromatic carbocycles. The van der Waals surface area contributed by atoms with Crippen LogP contribution in [0.25, 0.3) is 0 Å². The third kappa shape index (κ3) is 3.11. The van der Waals surface area contributed by atoms with Gasteiger partial charge in [-0.15, -0.1) is 0 Å². The molecule has 1 amide bonds. The summed E-state index contributed by atoms with van der Waals surface area (Å²) in [6.45, 7) is 3.90. The van der Waals surface area contributed by atoms with Crippen LogP contribution in [0.5, 0.6) is 0 Å². The Hall–Kier alpha value is -2.29. The van der Waals surface area contributed by atoms with Gasteiger partial charge in [-0.3, -0.25) is 4.79 Å². The molecule has 1 unspecified atom stereocenters. The Morgan fingerprint density at radius 1 is 1.35 bits per heavy atom. The van der Waals surface area contributed by atoms with Crippen LogP contribution in [0.4, 0.5) is 5.82 Å². The molecule has 4 aliphatic carbocycles. The third-order valence-electron chi connectivity index (χ3n) is 6.71. The van der Waals surface area contributed by atoms with E-state index in [1.165, 1.54) is 44.7 Å². The zero-order valence-corrected chi connectivity index (χ0v) is 15.4. The SMILES string of the molecule is Cc1cc(N/C=C(/C#N)C(=O)NC(C)C23CC4CC(CC(C4)C2)C3)no1. The van der Waals surface area contributed by atoms with Crippen molar-refractivity contribution >= 4 is 11.7 Å². The molecule has 1 aromatic rings. The summed E-state index contributed by atoms with van der Waals surface area (Å²) >= 11 is 0. The molecule has 4 bridgehead atoms. The van der Waals surface area contributed by atoms with Gasteiger partial charge in [-0.1, -0.05) is 5.16 Å². The highest BCUT2D eigenvalue weighted by molar-refractivity contribution is 5.97. The molecule has 138 valence electrons. The van der Waals surface area contributed by atoms with Crippen molar-refractivity contribution < 1.29 is 9.32 Å². The van der Waals surface area contributed by atoms with E-state index in [1.54, 1.807) is 13.0 Å². The lowest BCUT2D eigenvalue weighted by molar-refractivity contribution is -0.122. The Bertz CT molecular complexity index is 738. The van der Waals surface area contributed by atoms with E-state index in [9.17, 15) is 10.1 Å². The van der Waals surface area contributed by atoms with Crippen LogP contribution in [0, 0.1) is 41.4 Å². The Kier molecular flexibility index (Phi) is 4.26. The minimum Gasteiger partial charge on any atom is -0.360 e. The van der Waals surface area contributed by atoms with E-state index >= 15 is 0 Å². The van der Waals surface area contributed by atoms with Crippen LogP contribution < -0.4 is 10.6 Å². The normalized spacial score (nSPS) is 33.6. The first-order valence-corrected chi connectivity index (χ1v) is 9.58. The van der Waals surface area contributed by atoms with E-state index in [0.29, 0.717) is 11.6 Å². The molecule has 0 aliphatic heterocycles. The van der Waals surface area contributed by atoms with Gasteiger partial charge in [0.25, 0.3) is 5.91 Å². The van der Waals surface area contributed by atoms with Gasteiger partial charge in [0.05, 0.1) is 0 Å². The van der Waals surface area contributed by atoms with Crippen LogP contribution in [0.3, 0.4) is 0 Å². The summed E-state index contributed by atoms with van der Waals surface area (Å²) in [5, 5.41) is 19.1. The number of amides is 1. The van der Waals surface area contributed by atoms with Gasteiger partial charge in [-0.25, -0.2) is 0 Å². The summed E-state index contributed by atoms with van der Waals surface area (Å²) in [6.07, 6.45) is 9.21. The molecule has 6 heteroatoms. The van der Waals surface area contributed by atoms with Crippen LogP contribution in [0.1, 0.15) is 51.2 Å². The monoisotopic (exact) mass is 354 g/mol. The number of anilines is 1. The van der Waals surface area contributed by atoms with Crippen LogP contribution in [-0.4, -0.2) is 17.1 Å². The molecule has 0 spiro atoms. The average molecular weight is 354 g/mol. The van der Waals surface area contributed by atoms with Crippen molar-refractivity contribution in [2.45, 2.75) is 58.4 Å². The molecule has 4 aliphatic rings. The highest BCUT2D eigenvalue weighted by Crippen LogP contribution is 2.61. The molecule has 1 aromatic heterocycles. The highest BCUT2D eigenvalue weighted by Gasteiger charge is 2.53. The first kappa shape index (κ1) is 17.1. The molecule has 4 fully saturated rings. The third-order valence-corrected chi connectivity index (χ3v) is 6.71. The van der Waals surface area contributed by atoms with Crippen LogP contribution in [0.15, 0.2) is 22.4 Å². The number of nitriles is 1. The topological polar surface area (TPSA) is 91.0 Å². The Balaban J connectivity index is 1.42. The maximum atomic E-state index is 12.6. The summed E-state index contributed by atoms with van der Waals surface area (Å²) in [5.74, 6) is 3.34. The first-order valence-electron chi connectivity index (χ1n) is 9.58. The summed E-state index contributed by atoms with van der Waals surface area (Å²) in [6, 6.07) is 3.79. The van der Waals surface area contributed by atoms with Crippen LogP contribution in [-0.2, 0) is 4.79 Å². The maximum absolute atomic E-state index is 12.6. The van der Waals surface area contributed by atoms with E-state index < -0.39 is 0 Å². The summed E-state index contributed by atoms with van der Waals surface area (Å²) in [4.78, 5) is 12.6. The van der Waals surface area contributed by atoms with Gasteiger partial charge in [0, 0.05) is 18.3 Å². The van der Waals surface area contributed by atoms with Gasteiger partial charge >= 0.3 is 0 Å². The predicted octanol–water partition coefficient (Wildman–Crippen LogP) is 3.52. The van der Waals surface area contributed by atoms with Gasteiger partial charge in [-0.05, 0) is 75.5 Å². The fourth-order valence-electron chi connectivity index (χ4n) is 5.86. The van der Waals surface area contributed by atoms with Crippen LogP contribution in [0.2, 0.25) is 0 Å². The molecule has 26 heavy (non-hydrogen) atoms. The lowest BCUT2D eigenvalue weighted by Crippen LogP contribution is -2.56.